The second-order valence-corrected chi connectivity index (χ2v) is 5.44. The Bertz CT molecular complexity index is 326. The Morgan fingerprint density at radius 2 is 1.61 bits per heavy atom. The van der Waals surface area contributed by atoms with E-state index in [1.165, 1.54) is 17.5 Å². The van der Waals surface area contributed by atoms with Crippen molar-refractivity contribution in [2.45, 2.75) is 59.4 Å². The van der Waals surface area contributed by atoms with Crippen molar-refractivity contribution >= 4 is 0 Å². The fraction of sp³-hybridized carbons (Fsp3) is 0.647. The Balaban J connectivity index is 2.91. The molecule has 0 aliphatic rings. The maximum absolute atomic E-state index is 3.66. The van der Waals surface area contributed by atoms with Crippen molar-refractivity contribution in [3.05, 3.63) is 35.4 Å². The predicted molar refractivity (Wildman–Crippen MR) is 81.2 cm³/mol. The van der Waals surface area contributed by atoms with Crippen LogP contribution in [0.15, 0.2) is 24.3 Å². The highest BCUT2D eigenvalue weighted by atomic mass is 14.9. The number of rotatable bonds is 7. The van der Waals surface area contributed by atoms with E-state index in [2.05, 4.69) is 64.2 Å². The maximum Gasteiger partial charge on any atom is 0.0158 e. The van der Waals surface area contributed by atoms with E-state index in [-0.39, 0.29) is 0 Å². The second kappa shape index (κ2) is 7.58. The molecule has 0 amide bonds. The Kier molecular flexibility index (Phi) is 6.42. The summed E-state index contributed by atoms with van der Waals surface area (Å²) in [4.78, 5) is 0. The molecule has 18 heavy (non-hydrogen) atoms. The molecule has 0 bridgehead atoms. The summed E-state index contributed by atoms with van der Waals surface area (Å²) in [6.07, 6.45) is 2.32. The molecule has 2 atom stereocenters. The van der Waals surface area contributed by atoms with Gasteiger partial charge in [0.1, 0.15) is 0 Å². The normalized spacial score (nSPS) is 14.8. The van der Waals surface area contributed by atoms with Gasteiger partial charge in [-0.2, -0.15) is 0 Å². The van der Waals surface area contributed by atoms with E-state index in [0.717, 1.165) is 13.0 Å². The van der Waals surface area contributed by atoms with Crippen molar-refractivity contribution in [3.8, 4) is 0 Å². The summed E-state index contributed by atoms with van der Waals surface area (Å²) >= 11 is 0. The van der Waals surface area contributed by atoms with Gasteiger partial charge in [-0.3, -0.25) is 0 Å². The molecule has 0 saturated heterocycles. The Labute approximate surface area is 113 Å². The zero-order chi connectivity index (χ0) is 13.5. The van der Waals surface area contributed by atoms with E-state index in [1.807, 2.05) is 0 Å². The van der Waals surface area contributed by atoms with Crippen molar-refractivity contribution in [2.24, 2.45) is 5.92 Å². The summed E-state index contributed by atoms with van der Waals surface area (Å²) in [5, 5.41) is 3.66. The molecule has 102 valence electrons. The monoisotopic (exact) mass is 247 g/mol. The first-order valence-electron chi connectivity index (χ1n) is 7.46. The van der Waals surface area contributed by atoms with E-state index in [9.17, 15) is 0 Å². The first-order chi connectivity index (χ1) is 8.63. The predicted octanol–water partition coefficient (Wildman–Crippen LogP) is 4.38. The minimum absolute atomic E-state index is 0.576. The molecule has 1 aromatic carbocycles. The topological polar surface area (TPSA) is 12.0 Å². The zero-order valence-corrected chi connectivity index (χ0v) is 12.7. The summed E-state index contributed by atoms with van der Waals surface area (Å²) < 4.78 is 0. The Morgan fingerprint density at radius 1 is 1.00 bits per heavy atom. The van der Waals surface area contributed by atoms with E-state index in [1.54, 1.807) is 0 Å². The minimum Gasteiger partial charge on any atom is -0.313 e. The largest absolute Gasteiger partial charge is 0.313 e. The van der Waals surface area contributed by atoms with Crippen molar-refractivity contribution < 1.29 is 0 Å². The van der Waals surface area contributed by atoms with Gasteiger partial charge in [-0.1, -0.05) is 58.9 Å². The molecule has 0 aromatic heterocycles. The Hall–Kier alpha value is -0.820. The number of benzene rings is 1. The van der Waals surface area contributed by atoms with E-state index < -0.39 is 0 Å². The molecule has 1 rings (SSSR count). The van der Waals surface area contributed by atoms with E-state index in [0.29, 0.717) is 17.9 Å². The minimum atomic E-state index is 0.576. The highest BCUT2D eigenvalue weighted by Gasteiger charge is 2.23. The lowest BCUT2D eigenvalue weighted by Gasteiger charge is -2.31. The molecular formula is C17H29N. The van der Waals surface area contributed by atoms with Crippen molar-refractivity contribution in [2.75, 3.05) is 6.54 Å². The molecule has 0 aliphatic carbocycles. The standard InChI is InChI=1S/C17H29N/c1-6-14-9-11-15(12-10-14)16(7-2)17(13(4)5)18-8-3/h9-13,16-18H,6-8H2,1-5H3. The van der Waals surface area contributed by atoms with Gasteiger partial charge >= 0.3 is 0 Å². The second-order valence-electron chi connectivity index (χ2n) is 5.44. The molecule has 2 unspecified atom stereocenters. The van der Waals surface area contributed by atoms with Gasteiger partial charge in [0.15, 0.2) is 0 Å². The average Bonchev–Trinajstić information content (AvgIpc) is 2.39. The molecule has 1 N–H and O–H groups in total. The SMILES string of the molecule is CCNC(C(C)C)C(CC)c1ccc(CC)cc1. The molecule has 1 heteroatoms. The highest BCUT2D eigenvalue weighted by Crippen LogP contribution is 2.27. The van der Waals surface area contributed by atoms with Crippen LogP contribution < -0.4 is 5.32 Å². The first kappa shape index (κ1) is 15.2. The van der Waals surface area contributed by atoms with Crippen LogP contribution in [-0.4, -0.2) is 12.6 Å². The fourth-order valence-electron chi connectivity index (χ4n) is 2.78. The van der Waals surface area contributed by atoms with Crippen LogP contribution in [0.25, 0.3) is 0 Å². The van der Waals surface area contributed by atoms with Gasteiger partial charge in [0.25, 0.3) is 0 Å². The lowest BCUT2D eigenvalue weighted by molar-refractivity contribution is 0.340. The van der Waals surface area contributed by atoms with Crippen LogP contribution in [0.4, 0.5) is 0 Å². The quantitative estimate of drug-likeness (QED) is 0.754. The average molecular weight is 247 g/mol. The van der Waals surface area contributed by atoms with E-state index >= 15 is 0 Å². The molecule has 1 nitrogen and oxygen atoms in total. The van der Waals surface area contributed by atoms with Gasteiger partial charge in [-0.25, -0.2) is 0 Å². The Morgan fingerprint density at radius 3 is 2.00 bits per heavy atom. The highest BCUT2D eigenvalue weighted by molar-refractivity contribution is 5.26. The third-order valence-electron chi connectivity index (χ3n) is 3.85. The zero-order valence-electron chi connectivity index (χ0n) is 12.7. The first-order valence-corrected chi connectivity index (χ1v) is 7.46. The summed E-state index contributed by atoms with van der Waals surface area (Å²) in [6.45, 7) is 12.4. The molecule has 0 heterocycles. The third kappa shape index (κ3) is 3.84. The molecule has 0 radical (unpaired) electrons. The lowest BCUT2D eigenvalue weighted by Crippen LogP contribution is -2.39. The molecule has 0 aliphatic heterocycles. The fourth-order valence-corrected chi connectivity index (χ4v) is 2.78. The van der Waals surface area contributed by atoms with Gasteiger partial charge in [0.2, 0.25) is 0 Å². The van der Waals surface area contributed by atoms with Gasteiger partial charge in [0.05, 0.1) is 0 Å². The summed E-state index contributed by atoms with van der Waals surface area (Å²) in [5.41, 5.74) is 2.91. The molecule has 0 spiro atoms. The third-order valence-corrected chi connectivity index (χ3v) is 3.85. The lowest BCUT2D eigenvalue weighted by atomic mass is 9.83. The van der Waals surface area contributed by atoms with Crippen LogP contribution in [0.2, 0.25) is 0 Å². The number of aryl methyl sites for hydroxylation is 1. The molecule has 1 aromatic rings. The van der Waals surface area contributed by atoms with Gasteiger partial charge in [0, 0.05) is 6.04 Å². The number of nitrogens with one attached hydrogen (secondary N) is 1. The van der Waals surface area contributed by atoms with Crippen LogP contribution in [0, 0.1) is 5.92 Å². The van der Waals surface area contributed by atoms with Crippen molar-refractivity contribution in [3.63, 3.8) is 0 Å². The summed E-state index contributed by atoms with van der Waals surface area (Å²) in [7, 11) is 0. The van der Waals surface area contributed by atoms with Crippen LogP contribution in [-0.2, 0) is 6.42 Å². The number of hydrogen-bond donors (Lipinski definition) is 1. The van der Waals surface area contributed by atoms with Crippen LogP contribution in [0.5, 0.6) is 0 Å². The van der Waals surface area contributed by atoms with Crippen LogP contribution in [0.1, 0.15) is 58.1 Å². The number of likely N-dealkylation sites (N-methyl/N-ethyl adjacent to an activating group) is 1. The number of hydrogen-bond acceptors (Lipinski definition) is 1. The maximum atomic E-state index is 3.66. The van der Waals surface area contributed by atoms with Crippen molar-refractivity contribution in [1.82, 2.24) is 5.32 Å². The molecule has 0 fully saturated rings. The van der Waals surface area contributed by atoms with Gasteiger partial charge in [-0.15, -0.1) is 0 Å². The van der Waals surface area contributed by atoms with E-state index in [4.69, 9.17) is 0 Å². The molecular weight excluding hydrogens is 218 g/mol. The molecule has 0 saturated carbocycles. The van der Waals surface area contributed by atoms with Crippen LogP contribution in [0.3, 0.4) is 0 Å². The summed E-state index contributed by atoms with van der Waals surface area (Å²) in [5.74, 6) is 1.29. The van der Waals surface area contributed by atoms with Crippen LogP contribution >= 0.6 is 0 Å². The van der Waals surface area contributed by atoms with Crippen molar-refractivity contribution in [1.29, 1.82) is 0 Å². The smallest absolute Gasteiger partial charge is 0.0158 e. The van der Waals surface area contributed by atoms with Gasteiger partial charge in [-0.05, 0) is 42.3 Å². The van der Waals surface area contributed by atoms with Gasteiger partial charge < -0.3 is 5.32 Å². The summed E-state index contributed by atoms with van der Waals surface area (Å²) in [6, 6.07) is 9.77.